The van der Waals surface area contributed by atoms with Gasteiger partial charge in [0, 0.05) is 12.4 Å². The number of nitrogens with zero attached hydrogens (tertiary/aromatic N) is 4. The van der Waals surface area contributed by atoms with Crippen LogP contribution in [0.3, 0.4) is 0 Å². The van der Waals surface area contributed by atoms with Crippen LogP contribution in [0.2, 0.25) is 0 Å². The van der Waals surface area contributed by atoms with Crippen molar-refractivity contribution in [3.05, 3.63) is 54.9 Å². The van der Waals surface area contributed by atoms with Gasteiger partial charge in [0.15, 0.2) is 0 Å². The highest BCUT2D eigenvalue weighted by Gasteiger charge is 2.24. The molecule has 0 saturated carbocycles. The van der Waals surface area contributed by atoms with Gasteiger partial charge in [-0.15, -0.1) is 0 Å². The first kappa shape index (κ1) is 24.4. The Balaban J connectivity index is 1.48. The summed E-state index contributed by atoms with van der Waals surface area (Å²) in [4.78, 5) is 32.7. The Labute approximate surface area is 206 Å². The topological polar surface area (TPSA) is 154 Å². The van der Waals surface area contributed by atoms with E-state index in [-0.39, 0.29) is 5.82 Å². The molecule has 186 valence electrons. The molecule has 0 bridgehead atoms. The molecule has 2 N–H and O–H groups in total. The van der Waals surface area contributed by atoms with Crippen LogP contribution in [0.5, 0.6) is 17.7 Å². The minimum Gasteiger partial charge on any atom is -0.444 e. The summed E-state index contributed by atoms with van der Waals surface area (Å²) >= 11 is 0. The summed E-state index contributed by atoms with van der Waals surface area (Å²) in [5, 5.41) is 13.1. The maximum atomic E-state index is 12.4. The lowest BCUT2D eigenvalue weighted by atomic mass is 10.2. The quantitative estimate of drug-likeness (QED) is 0.360. The summed E-state index contributed by atoms with van der Waals surface area (Å²) in [7, 11) is 0. The molecule has 36 heavy (non-hydrogen) atoms. The number of ether oxygens (including phenoxy) is 3. The molecule has 0 saturated heterocycles. The van der Waals surface area contributed by atoms with Gasteiger partial charge < -0.3 is 19.5 Å². The van der Waals surface area contributed by atoms with E-state index >= 15 is 0 Å². The zero-order valence-electron chi connectivity index (χ0n) is 20.0. The number of alkyl carbamates (subject to hydrolysis) is 1. The second-order valence-electron chi connectivity index (χ2n) is 8.60. The molecule has 1 atom stereocenters. The van der Waals surface area contributed by atoms with Gasteiger partial charge in [-0.05, 0) is 58.0 Å². The Morgan fingerprint density at radius 3 is 2.58 bits per heavy atom. The molecule has 0 aliphatic heterocycles. The van der Waals surface area contributed by atoms with Gasteiger partial charge in [0.05, 0.1) is 16.8 Å². The van der Waals surface area contributed by atoms with Crippen molar-refractivity contribution in [2.45, 2.75) is 39.3 Å². The van der Waals surface area contributed by atoms with Crippen LogP contribution in [0.4, 0.5) is 4.79 Å². The van der Waals surface area contributed by atoms with Crippen LogP contribution < -0.4 is 14.8 Å². The molecule has 3 heterocycles. The van der Waals surface area contributed by atoms with Crippen molar-refractivity contribution < 1.29 is 28.3 Å². The third-order valence-electron chi connectivity index (χ3n) is 4.58. The molecule has 3 aromatic heterocycles. The molecular weight excluding hydrogens is 468 g/mol. The number of aromatic nitrogens is 5. The monoisotopic (exact) mass is 492 g/mol. The van der Waals surface area contributed by atoms with Crippen LogP contribution in [-0.2, 0) is 9.53 Å². The van der Waals surface area contributed by atoms with Gasteiger partial charge in [0.2, 0.25) is 11.7 Å². The highest BCUT2D eigenvalue weighted by molar-refractivity contribution is 5.82. The highest BCUT2D eigenvalue weighted by Crippen LogP contribution is 2.35. The number of esters is 1. The minimum absolute atomic E-state index is 0.125. The predicted octanol–water partition coefficient (Wildman–Crippen LogP) is 4.13. The smallest absolute Gasteiger partial charge is 0.425 e. The van der Waals surface area contributed by atoms with E-state index < -0.39 is 29.8 Å². The Morgan fingerprint density at radius 2 is 1.83 bits per heavy atom. The van der Waals surface area contributed by atoms with Crippen LogP contribution in [0, 0.1) is 0 Å². The van der Waals surface area contributed by atoms with Gasteiger partial charge in [-0.25, -0.2) is 14.6 Å². The number of benzene rings is 1. The minimum atomic E-state index is -1.02. The normalized spacial score (nSPS) is 12.0. The number of hydrogen-bond donors (Lipinski definition) is 2. The fraction of sp³-hybridized carbons (Fsp3) is 0.250. The zero-order valence-corrected chi connectivity index (χ0v) is 20.0. The SMILES string of the molecule is CC(NC(=O)OC(C)(C)C)C(=O)Oc1nc(-c2ccccc2Oc2ncccc2-c2ccn[nH]2)no1. The largest absolute Gasteiger partial charge is 0.444 e. The molecule has 1 unspecified atom stereocenters. The van der Waals surface area contributed by atoms with Gasteiger partial charge >= 0.3 is 18.1 Å². The van der Waals surface area contributed by atoms with Crippen molar-refractivity contribution in [3.8, 4) is 40.4 Å². The third kappa shape index (κ3) is 6.03. The van der Waals surface area contributed by atoms with Crippen molar-refractivity contribution in [2.24, 2.45) is 0 Å². The standard InChI is InChI=1S/C24H24N6O6/c1-14(27-22(32)35-24(2,3)4)21(31)34-23-28-19(30-36-23)16-8-5-6-10-18(16)33-20-15(9-7-12-25-20)17-11-13-26-29-17/h5-14H,1-4H3,(H,26,29)(H,27,32). The number of amides is 1. The molecule has 0 radical (unpaired) electrons. The molecule has 0 fully saturated rings. The number of hydrogen-bond acceptors (Lipinski definition) is 10. The Kier molecular flexibility index (Phi) is 6.95. The number of H-pyrrole nitrogens is 1. The number of para-hydroxylation sites is 1. The van der Waals surface area contributed by atoms with Crippen LogP contribution in [0.15, 0.2) is 59.4 Å². The molecular formula is C24H24N6O6. The van der Waals surface area contributed by atoms with Crippen molar-refractivity contribution in [1.29, 1.82) is 0 Å². The molecule has 4 aromatic rings. The fourth-order valence-corrected chi connectivity index (χ4v) is 3.01. The van der Waals surface area contributed by atoms with E-state index in [1.165, 1.54) is 6.92 Å². The van der Waals surface area contributed by atoms with Crippen LogP contribution >= 0.6 is 0 Å². The lowest BCUT2D eigenvalue weighted by molar-refractivity contribution is -0.138. The molecule has 0 spiro atoms. The first-order valence-corrected chi connectivity index (χ1v) is 11.0. The van der Waals surface area contributed by atoms with Gasteiger partial charge in [-0.2, -0.15) is 10.1 Å². The summed E-state index contributed by atoms with van der Waals surface area (Å²) in [5.41, 5.74) is 1.21. The Morgan fingerprint density at radius 1 is 1.06 bits per heavy atom. The van der Waals surface area contributed by atoms with Gasteiger partial charge in [0.25, 0.3) is 0 Å². The highest BCUT2D eigenvalue weighted by atomic mass is 16.7. The molecule has 4 rings (SSSR count). The number of rotatable bonds is 7. The Bertz CT molecular complexity index is 1350. The average molecular weight is 492 g/mol. The summed E-state index contributed by atoms with van der Waals surface area (Å²) in [5.74, 6) is 0.0560. The number of nitrogens with one attached hydrogen (secondary N) is 2. The van der Waals surface area contributed by atoms with E-state index in [0.29, 0.717) is 22.8 Å². The molecule has 0 aliphatic carbocycles. The first-order valence-electron chi connectivity index (χ1n) is 11.0. The maximum Gasteiger partial charge on any atom is 0.425 e. The third-order valence-corrected chi connectivity index (χ3v) is 4.58. The van der Waals surface area contributed by atoms with Crippen LogP contribution in [-0.4, -0.2) is 49.0 Å². The maximum absolute atomic E-state index is 12.4. The van der Waals surface area contributed by atoms with Crippen LogP contribution in [0.1, 0.15) is 27.7 Å². The molecule has 1 aromatic carbocycles. The molecule has 0 aliphatic rings. The molecule has 1 amide bonds. The summed E-state index contributed by atoms with van der Waals surface area (Å²) in [6.07, 6.45) is 2.09. The Hall–Kier alpha value is -4.74. The van der Waals surface area contributed by atoms with Crippen molar-refractivity contribution >= 4 is 12.1 Å². The summed E-state index contributed by atoms with van der Waals surface area (Å²) < 4.78 is 21.4. The average Bonchev–Trinajstić information content (AvgIpc) is 3.51. The number of carbonyl (C=O) groups is 2. The molecule has 12 nitrogen and oxygen atoms in total. The fourth-order valence-electron chi connectivity index (χ4n) is 3.01. The van der Waals surface area contributed by atoms with E-state index in [1.807, 2.05) is 6.07 Å². The lowest BCUT2D eigenvalue weighted by Crippen LogP contribution is -2.43. The second-order valence-corrected chi connectivity index (χ2v) is 8.60. The van der Waals surface area contributed by atoms with E-state index in [9.17, 15) is 9.59 Å². The van der Waals surface area contributed by atoms with Gasteiger partial charge in [0.1, 0.15) is 17.4 Å². The van der Waals surface area contributed by atoms with Crippen LogP contribution in [0.25, 0.3) is 22.6 Å². The number of carbonyl (C=O) groups excluding carboxylic acids is 2. The summed E-state index contributed by atoms with van der Waals surface area (Å²) in [6, 6.07) is 11.4. The van der Waals surface area contributed by atoms with Crippen molar-refractivity contribution in [3.63, 3.8) is 0 Å². The van der Waals surface area contributed by atoms with E-state index in [2.05, 4.69) is 30.6 Å². The van der Waals surface area contributed by atoms with Gasteiger partial charge in [-0.1, -0.05) is 17.3 Å². The van der Waals surface area contributed by atoms with E-state index in [0.717, 1.165) is 5.69 Å². The molecule has 12 heteroatoms. The second kappa shape index (κ2) is 10.3. The predicted molar refractivity (Wildman–Crippen MR) is 126 cm³/mol. The van der Waals surface area contributed by atoms with E-state index in [1.54, 1.807) is 69.6 Å². The first-order chi connectivity index (χ1) is 17.2. The number of pyridine rings is 1. The summed E-state index contributed by atoms with van der Waals surface area (Å²) in [6.45, 7) is 6.58. The zero-order chi connectivity index (χ0) is 25.7. The lowest BCUT2D eigenvalue weighted by Gasteiger charge is -2.21. The van der Waals surface area contributed by atoms with Crippen molar-refractivity contribution in [2.75, 3.05) is 0 Å². The van der Waals surface area contributed by atoms with Gasteiger partial charge in [-0.3, -0.25) is 9.62 Å². The number of aromatic amines is 1. The van der Waals surface area contributed by atoms with E-state index in [4.69, 9.17) is 18.7 Å². The van der Waals surface area contributed by atoms with Crippen molar-refractivity contribution in [1.82, 2.24) is 30.6 Å².